The number of hydrogen-bond acceptors (Lipinski definition) is 3. The number of pyridine rings is 1. The Hall–Kier alpha value is -3.52. The van der Waals surface area contributed by atoms with Gasteiger partial charge in [0.05, 0.1) is 11.6 Å². The molecule has 0 fully saturated rings. The van der Waals surface area contributed by atoms with Gasteiger partial charge in [-0.2, -0.15) is 5.26 Å². The highest BCUT2D eigenvalue weighted by Crippen LogP contribution is 2.18. The highest BCUT2D eigenvalue weighted by molar-refractivity contribution is 5.95. The van der Waals surface area contributed by atoms with E-state index >= 15 is 0 Å². The summed E-state index contributed by atoms with van der Waals surface area (Å²) in [5, 5.41) is 12.7. The molecule has 1 N–H and O–H groups in total. The van der Waals surface area contributed by atoms with Crippen molar-refractivity contribution in [2.45, 2.75) is 6.04 Å². The molecular weight excluding hydrogens is 317 g/mol. The summed E-state index contributed by atoms with van der Waals surface area (Å²) in [5.41, 5.74) is 1.70. The topological polar surface area (TPSA) is 65.8 Å². The number of nitrogens with one attached hydrogen (secondary N) is 1. The van der Waals surface area contributed by atoms with E-state index in [-0.39, 0.29) is 5.56 Å². The normalized spacial score (nSPS) is 12.0. The molecule has 0 bridgehead atoms. The Labute approximate surface area is 144 Å². The van der Waals surface area contributed by atoms with Crippen molar-refractivity contribution < 1.29 is 9.18 Å². The quantitative estimate of drug-likeness (QED) is 0.740. The number of para-hydroxylation sites is 1. The first-order valence-electron chi connectivity index (χ1n) is 7.65. The van der Waals surface area contributed by atoms with E-state index in [4.69, 9.17) is 0 Å². The van der Waals surface area contributed by atoms with E-state index in [0.717, 1.165) is 16.5 Å². The third-order valence-corrected chi connectivity index (χ3v) is 3.71. The summed E-state index contributed by atoms with van der Waals surface area (Å²) >= 11 is 0. The van der Waals surface area contributed by atoms with Gasteiger partial charge in [0, 0.05) is 28.8 Å². The van der Waals surface area contributed by atoms with E-state index in [0.29, 0.717) is 0 Å². The molecule has 0 saturated carbocycles. The predicted molar refractivity (Wildman–Crippen MR) is 93.7 cm³/mol. The zero-order chi connectivity index (χ0) is 17.6. The first-order chi connectivity index (χ1) is 12.2. The van der Waals surface area contributed by atoms with Crippen molar-refractivity contribution in [3.05, 3.63) is 83.8 Å². The van der Waals surface area contributed by atoms with Gasteiger partial charge in [-0.1, -0.05) is 42.5 Å². The number of carbonyl (C=O) groups is 1. The van der Waals surface area contributed by atoms with E-state index < -0.39 is 17.8 Å². The molecule has 0 aliphatic heterocycles. The molecule has 2 aromatic carbocycles. The minimum Gasteiger partial charge on any atom is -0.333 e. The van der Waals surface area contributed by atoms with Crippen molar-refractivity contribution in [3.8, 4) is 6.07 Å². The van der Waals surface area contributed by atoms with Gasteiger partial charge in [0.1, 0.15) is 11.9 Å². The summed E-state index contributed by atoms with van der Waals surface area (Å²) in [7, 11) is 0. The van der Waals surface area contributed by atoms with Gasteiger partial charge in [0.2, 0.25) is 5.91 Å². The summed E-state index contributed by atoms with van der Waals surface area (Å²) in [4.78, 5) is 16.4. The second-order valence-electron chi connectivity index (χ2n) is 5.35. The van der Waals surface area contributed by atoms with Crippen LogP contribution in [0.3, 0.4) is 0 Å². The number of fused-ring (bicyclic) bond motifs is 1. The Morgan fingerprint density at radius 2 is 1.96 bits per heavy atom. The zero-order valence-corrected chi connectivity index (χ0v) is 13.2. The number of aromatic nitrogens is 1. The van der Waals surface area contributed by atoms with Crippen molar-refractivity contribution in [1.29, 1.82) is 5.26 Å². The van der Waals surface area contributed by atoms with Gasteiger partial charge in [-0.15, -0.1) is 0 Å². The molecule has 4 nitrogen and oxygen atoms in total. The van der Waals surface area contributed by atoms with Gasteiger partial charge in [0.15, 0.2) is 0 Å². The largest absolute Gasteiger partial charge is 0.333 e. The van der Waals surface area contributed by atoms with E-state index in [1.54, 1.807) is 18.3 Å². The number of hydrogen-bond donors (Lipinski definition) is 1. The molecule has 1 aromatic heterocycles. The molecule has 0 aliphatic rings. The summed E-state index contributed by atoms with van der Waals surface area (Å²) in [6.45, 7) is 0. The Bertz CT molecular complexity index is 986. The van der Waals surface area contributed by atoms with E-state index in [1.807, 2.05) is 36.4 Å². The molecule has 0 aliphatic carbocycles. The lowest BCUT2D eigenvalue weighted by molar-refractivity contribution is -0.116. The fourth-order valence-corrected chi connectivity index (χ4v) is 2.51. The molecule has 25 heavy (non-hydrogen) atoms. The molecule has 1 atom stereocenters. The number of nitrogens with zero attached hydrogens (tertiary/aromatic N) is 2. The Balaban J connectivity index is 1.79. The summed E-state index contributed by atoms with van der Waals surface area (Å²) in [6.07, 6.45) is 4.62. The van der Waals surface area contributed by atoms with Crippen LogP contribution in [0.4, 0.5) is 4.39 Å². The highest BCUT2D eigenvalue weighted by Gasteiger charge is 2.16. The van der Waals surface area contributed by atoms with Gasteiger partial charge in [-0.25, -0.2) is 4.39 Å². The lowest BCUT2D eigenvalue weighted by Gasteiger charge is -2.11. The van der Waals surface area contributed by atoms with Crippen LogP contribution < -0.4 is 5.32 Å². The molecule has 0 spiro atoms. The number of amides is 1. The summed E-state index contributed by atoms with van der Waals surface area (Å²) < 4.78 is 13.8. The van der Waals surface area contributed by atoms with Gasteiger partial charge in [-0.3, -0.25) is 9.78 Å². The van der Waals surface area contributed by atoms with Crippen LogP contribution in [0.5, 0.6) is 0 Å². The number of nitriles is 1. The zero-order valence-electron chi connectivity index (χ0n) is 13.2. The first-order valence-corrected chi connectivity index (χ1v) is 7.65. The summed E-state index contributed by atoms with van der Waals surface area (Å²) in [6, 6.07) is 16.2. The molecule has 0 unspecified atom stereocenters. The minimum absolute atomic E-state index is 0.138. The number of rotatable bonds is 4. The van der Waals surface area contributed by atoms with Crippen molar-refractivity contribution in [1.82, 2.24) is 10.3 Å². The van der Waals surface area contributed by atoms with Crippen molar-refractivity contribution in [2.24, 2.45) is 0 Å². The first kappa shape index (κ1) is 16.3. The third-order valence-electron chi connectivity index (χ3n) is 3.71. The Morgan fingerprint density at radius 3 is 2.76 bits per heavy atom. The maximum atomic E-state index is 13.8. The fraction of sp³-hybridized carbons (Fsp3) is 0.0500. The molecule has 5 heteroatoms. The van der Waals surface area contributed by atoms with Gasteiger partial charge in [-0.05, 0) is 18.2 Å². The van der Waals surface area contributed by atoms with Crippen LogP contribution in [0.1, 0.15) is 17.2 Å². The van der Waals surface area contributed by atoms with Gasteiger partial charge < -0.3 is 5.32 Å². The van der Waals surface area contributed by atoms with Crippen LogP contribution in [0.2, 0.25) is 0 Å². The lowest BCUT2D eigenvalue weighted by Crippen LogP contribution is -2.26. The van der Waals surface area contributed by atoms with E-state index in [9.17, 15) is 14.4 Å². The average Bonchev–Trinajstić information content (AvgIpc) is 2.65. The maximum absolute atomic E-state index is 13.8. The van der Waals surface area contributed by atoms with Crippen LogP contribution in [-0.2, 0) is 4.79 Å². The van der Waals surface area contributed by atoms with Gasteiger partial charge in [0.25, 0.3) is 0 Å². The van der Waals surface area contributed by atoms with Crippen LogP contribution in [0.15, 0.2) is 66.9 Å². The number of carbonyl (C=O) groups excluding carboxylic acids is 1. The second kappa shape index (κ2) is 7.37. The maximum Gasteiger partial charge on any atom is 0.245 e. The van der Waals surface area contributed by atoms with Crippen molar-refractivity contribution in [2.75, 3.05) is 0 Å². The SMILES string of the molecule is N#C[C@@H](NC(=O)/C=C/c1cccc2cccnc12)c1ccccc1F. The predicted octanol–water partition coefficient (Wildman–Crippen LogP) is 3.77. The summed E-state index contributed by atoms with van der Waals surface area (Å²) in [5.74, 6) is -1.01. The molecule has 0 radical (unpaired) electrons. The van der Waals surface area contributed by atoms with E-state index in [2.05, 4.69) is 10.3 Å². The average molecular weight is 331 g/mol. The van der Waals surface area contributed by atoms with Crippen LogP contribution in [-0.4, -0.2) is 10.9 Å². The smallest absolute Gasteiger partial charge is 0.245 e. The Kier molecular flexibility index (Phi) is 4.82. The molecule has 0 saturated heterocycles. The lowest BCUT2D eigenvalue weighted by atomic mass is 10.1. The monoisotopic (exact) mass is 331 g/mol. The molecule has 1 amide bonds. The standard InChI is InChI=1S/C20H14FN3O/c21-17-9-2-1-8-16(17)18(13-22)24-19(25)11-10-15-6-3-5-14-7-4-12-23-20(14)15/h1-12,18H,(H,24,25)/b11-10+/t18-/m1/s1. The molecule has 3 rings (SSSR count). The minimum atomic E-state index is -1.05. The van der Waals surface area contributed by atoms with E-state index in [1.165, 1.54) is 24.3 Å². The van der Waals surface area contributed by atoms with Gasteiger partial charge >= 0.3 is 0 Å². The van der Waals surface area contributed by atoms with Crippen LogP contribution >= 0.6 is 0 Å². The number of halogens is 1. The molecule has 122 valence electrons. The number of benzene rings is 2. The van der Waals surface area contributed by atoms with Crippen LogP contribution in [0, 0.1) is 17.1 Å². The molecule has 3 aromatic rings. The van der Waals surface area contributed by atoms with Crippen molar-refractivity contribution in [3.63, 3.8) is 0 Å². The second-order valence-corrected chi connectivity index (χ2v) is 5.35. The molecule has 1 heterocycles. The molecular formula is C20H14FN3O. The highest BCUT2D eigenvalue weighted by atomic mass is 19.1. The Morgan fingerprint density at radius 1 is 1.16 bits per heavy atom. The van der Waals surface area contributed by atoms with Crippen LogP contribution in [0.25, 0.3) is 17.0 Å². The fourth-order valence-electron chi connectivity index (χ4n) is 2.51. The third kappa shape index (κ3) is 3.70. The van der Waals surface area contributed by atoms with Crippen molar-refractivity contribution >= 4 is 22.9 Å².